The van der Waals surface area contributed by atoms with Crippen LogP contribution in [-0.2, 0) is 16.0 Å². The number of hydrogen-bond acceptors (Lipinski definition) is 4. The van der Waals surface area contributed by atoms with Crippen molar-refractivity contribution in [1.29, 1.82) is 0 Å². The van der Waals surface area contributed by atoms with Gasteiger partial charge in [-0.15, -0.1) is 12.4 Å². The third-order valence-corrected chi connectivity index (χ3v) is 4.81. The molecule has 0 spiro atoms. The zero-order valence-electron chi connectivity index (χ0n) is 16.4. The van der Waals surface area contributed by atoms with Crippen molar-refractivity contribution in [3.05, 3.63) is 29.8 Å². The summed E-state index contributed by atoms with van der Waals surface area (Å²) in [4.78, 5) is 28.6. The van der Waals surface area contributed by atoms with Crippen LogP contribution in [0.3, 0.4) is 0 Å². The van der Waals surface area contributed by atoms with E-state index in [1.165, 1.54) is 0 Å². The summed E-state index contributed by atoms with van der Waals surface area (Å²) in [6.45, 7) is 3.63. The van der Waals surface area contributed by atoms with Gasteiger partial charge in [-0.1, -0.05) is 12.1 Å². The van der Waals surface area contributed by atoms with Gasteiger partial charge < -0.3 is 19.9 Å². The summed E-state index contributed by atoms with van der Waals surface area (Å²) in [6, 6.07) is 7.84. The van der Waals surface area contributed by atoms with Crippen molar-refractivity contribution in [1.82, 2.24) is 15.1 Å². The SMILES string of the molecule is CNCCCC(=O)N1CCCN(C(=O)CCc2ccc(OC)cc2)CC1.Cl. The lowest BCUT2D eigenvalue weighted by Gasteiger charge is -2.22. The number of hydrogen-bond donors (Lipinski definition) is 1. The monoisotopic (exact) mass is 397 g/mol. The van der Waals surface area contributed by atoms with Crippen LogP contribution in [0.5, 0.6) is 5.75 Å². The molecular formula is C20H32ClN3O3. The second-order valence-corrected chi connectivity index (χ2v) is 6.67. The second kappa shape index (κ2) is 12.6. The lowest BCUT2D eigenvalue weighted by atomic mass is 10.1. The van der Waals surface area contributed by atoms with Crippen LogP contribution in [0.1, 0.15) is 31.2 Å². The molecule has 1 fully saturated rings. The van der Waals surface area contributed by atoms with Crippen molar-refractivity contribution < 1.29 is 14.3 Å². The first-order valence-electron chi connectivity index (χ1n) is 9.47. The minimum atomic E-state index is 0. The minimum absolute atomic E-state index is 0. The molecule has 1 aliphatic rings. The molecule has 0 aliphatic carbocycles. The third kappa shape index (κ3) is 7.77. The summed E-state index contributed by atoms with van der Waals surface area (Å²) in [5.74, 6) is 1.20. The van der Waals surface area contributed by atoms with Gasteiger partial charge in [0.2, 0.25) is 11.8 Å². The number of amides is 2. The Bertz CT molecular complexity index is 580. The Morgan fingerprint density at radius 3 is 2.15 bits per heavy atom. The summed E-state index contributed by atoms with van der Waals surface area (Å²) < 4.78 is 5.15. The third-order valence-electron chi connectivity index (χ3n) is 4.81. The summed E-state index contributed by atoms with van der Waals surface area (Å²) in [5.41, 5.74) is 1.13. The van der Waals surface area contributed by atoms with Gasteiger partial charge in [-0.05, 0) is 50.6 Å². The van der Waals surface area contributed by atoms with E-state index in [2.05, 4.69) is 5.32 Å². The maximum Gasteiger partial charge on any atom is 0.222 e. The molecule has 1 heterocycles. The Kier molecular flexibility index (Phi) is 10.8. The van der Waals surface area contributed by atoms with E-state index in [-0.39, 0.29) is 24.2 Å². The number of carbonyl (C=O) groups excluding carboxylic acids is 2. The Hall–Kier alpha value is -1.79. The van der Waals surface area contributed by atoms with E-state index in [0.717, 1.165) is 50.2 Å². The van der Waals surface area contributed by atoms with Crippen LogP contribution in [0.2, 0.25) is 0 Å². The van der Waals surface area contributed by atoms with E-state index in [9.17, 15) is 9.59 Å². The minimum Gasteiger partial charge on any atom is -0.497 e. The lowest BCUT2D eigenvalue weighted by Crippen LogP contribution is -2.37. The fraction of sp³-hybridized carbons (Fsp3) is 0.600. The fourth-order valence-corrected chi connectivity index (χ4v) is 3.19. The Labute approximate surface area is 168 Å². The van der Waals surface area contributed by atoms with Gasteiger partial charge in [0.1, 0.15) is 5.75 Å². The van der Waals surface area contributed by atoms with Gasteiger partial charge in [-0.2, -0.15) is 0 Å². The number of benzene rings is 1. The van der Waals surface area contributed by atoms with Gasteiger partial charge >= 0.3 is 0 Å². The first-order chi connectivity index (χ1) is 12.6. The van der Waals surface area contributed by atoms with Crippen LogP contribution in [0.15, 0.2) is 24.3 Å². The number of rotatable bonds is 8. The molecule has 2 amide bonds. The smallest absolute Gasteiger partial charge is 0.222 e. The van der Waals surface area contributed by atoms with Crippen molar-refractivity contribution in [2.45, 2.75) is 32.1 Å². The quantitative estimate of drug-likeness (QED) is 0.682. The Balaban J connectivity index is 0.00000364. The molecule has 6 nitrogen and oxygen atoms in total. The van der Waals surface area contributed by atoms with E-state index in [1.807, 2.05) is 41.1 Å². The van der Waals surface area contributed by atoms with Crippen LogP contribution in [0, 0.1) is 0 Å². The van der Waals surface area contributed by atoms with E-state index in [1.54, 1.807) is 7.11 Å². The van der Waals surface area contributed by atoms with Crippen LogP contribution in [0.4, 0.5) is 0 Å². The van der Waals surface area contributed by atoms with Gasteiger partial charge in [-0.25, -0.2) is 0 Å². The molecule has 0 radical (unpaired) electrons. The van der Waals surface area contributed by atoms with Gasteiger partial charge in [0.25, 0.3) is 0 Å². The molecule has 1 N–H and O–H groups in total. The maximum atomic E-state index is 12.5. The van der Waals surface area contributed by atoms with Crippen molar-refractivity contribution in [3.63, 3.8) is 0 Å². The topological polar surface area (TPSA) is 61.9 Å². The van der Waals surface area contributed by atoms with Gasteiger partial charge in [-0.3, -0.25) is 9.59 Å². The predicted molar refractivity (Wildman–Crippen MR) is 110 cm³/mol. The first kappa shape index (κ1) is 23.2. The first-order valence-corrected chi connectivity index (χ1v) is 9.47. The highest BCUT2D eigenvalue weighted by atomic mass is 35.5. The average Bonchev–Trinajstić information content (AvgIpc) is 2.93. The predicted octanol–water partition coefficient (Wildman–Crippen LogP) is 2.11. The fourth-order valence-electron chi connectivity index (χ4n) is 3.19. The highest BCUT2D eigenvalue weighted by molar-refractivity contribution is 5.85. The summed E-state index contributed by atoms with van der Waals surface area (Å²) in [5, 5.41) is 3.06. The zero-order valence-corrected chi connectivity index (χ0v) is 17.2. The lowest BCUT2D eigenvalue weighted by molar-refractivity contribution is -0.133. The van der Waals surface area contributed by atoms with Crippen LogP contribution >= 0.6 is 12.4 Å². The Morgan fingerprint density at radius 2 is 1.59 bits per heavy atom. The van der Waals surface area contributed by atoms with Gasteiger partial charge in [0, 0.05) is 39.0 Å². The highest BCUT2D eigenvalue weighted by Crippen LogP contribution is 2.14. The molecule has 2 rings (SSSR count). The molecule has 1 aromatic carbocycles. The van der Waals surface area contributed by atoms with E-state index in [4.69, 9.17) is 4.74 Å². The zero-order chi connectivity index (χ0) is 18.8. The molecule has 0 aromatic heterocycles. The molecule has 1 aromatic rings. The number of carbonyl (C=O) groups is 2. The molecule has 0 atom stereocenters. The number of methoxy groups -OCH3 is 1. The van der Waals surface area contributed by atoms with Crippen molar-refractivity contribution >= 4 is 24.2 Å². The standard InChI is InChI=1S/C20H31N3O3.ClH/c1-21-12-3-5-19(24)22-13-4-14-23(16-15-22)20(25)11-8-17-6-9-18(26-2)10-7-17;/h6-7,9-10,21H,3-5,8,11-16H2,1-2H3;1H. The summed E-state index contributed by atoms with van der Waals surface area (Å²) in [6.07, 6.45) is 3.52. The molecule has 0 saturated carbocycles. The van der Waals surface area contributed by atoms with Crippen LogP contribution in [-0.4, -0.2) is 68.5 Å². The number of aryl methyl sites for hydroxylation is 1. The number of halogens is 1. The maximum absolute atomic E-state index is 12.5. The molecule has 27 heavy (non-hydrogen) atoms. The van der Waals surface area contributed by atoms with Crippen molar-refractivity contribution in [2.75, 3.05) is 46.9 Å². The summed E-state index contributed by atoms with van der Waals surface area (Å²) >= 11 is 0. The van der Waals surface area contributed by atoms with Gasteiger partial charge in [0.15, 0.2) is 0 Å². The second-order valence-electron chi connectivity index (χ2n) is 6.67. The van der Waals surface area contributed by atoms with E-state index < -0.39 is 0 Å². The summed E-state index contributed by atoms with van der Waals surface area (Å²) in [7, 11) is 3.54. The molecule has 1 aliphatic heterocycles. The molecule has 7 heteroatoms. The van der Waals surface area contributed by atoms with Crippen molar-refractivity contribution in [2.24, 2.45) is 0 Å². The number of nitrogens with one attached hydrogen (secondary N) is 1. The van der Waals surface area contributed by atoms with E-state index >= 15 is 0 Å². The Morgan fingerprint density at radius 1 is 1.00 bits per heavy atom. The molecule has 0 unspecified atom stereocenters. The largest absolute Gasteiger partial charge is 0.497 e. The van der Waals surface area contributed by atoms with E-state index in [0.29, 0.717) is 25.9 Å². The average molecular weight is 398 g/mol. The number of ether oxygens (including phenoxy) is 1. The molecular weight excluding hydrogens is 366 g/mol. The highest BCUT2D eigenvalue weighted by Gasteiger charge is 2.21. The van der Waals surface area contributed by atoms with Gasteiger partial charge in [0.05, 0.1) is 7.11 Å². The van der Waals surface area contributed by atoms with Crippen molar-refractivity contribution in [3.8, 4) is 5.75 Å². The molecule has 152 valence electrons. The molecule has 1 saturated heterocycles. The normalized spacial score (nSPS) is 14.3. The van der Waals surface area contributed by atoms with Crippen LogP contribution in [0.25, 0.3) is 0 Å². The number of nitrogens with zero attached hydrogens (tertiary/aromatic N) is 2. The molecule has 0 bridgehead atoms. The van der Waals surface area contributed by atoms with Crippen LogP contribution < -0.4 is 10.1 Å².